The van der Waals surface area contributed by atoms with E-state index < -0.39 is 11.3 Å². The van der Waals surface area contributed by atoms with Crippen molar-refractivity contribution in [1.82, 2.24) is 0 Å². The van der Waals surface area contributed by atoms with Crippen LogP contribution in [0.3, 0.4) is 0 Å². The number of nitrogens with one attached hydrogen (secondary N) is 2. The molecule has 3 N–H and O–H groups in total. The Morgan fingerprint density at radius 3 is 2.64 bits per heavy atom. The van der Waals surface area contributed by atoms with Crippen LogP contribution in [0.4, 0.5) is 11.4 Å². The molecule has 0 saturated heterocycles. The summed E-state index contributed by atoms with van der Waals surface area (Å²) < 4.78 is 0. The van der Waals surface area contributed by atoms with Gasteiger partial charge >= 0.3 is 0 Å². The molecule has 2 aromatic rings. The van der Waals surface area contributed by atoms with Gasteiger partial charge in [0.1, 0.15) is 5.75 Å². The van der Waals surface area contributed by atoms with E-state index in [2.05, 4.69) is 10.6 Å². The maximum atomic E-state index is 12.2. The van der Waals surface area contributed by atoms with E-state index in [1.807, 2.05) is 19.9 Å². The van der Waals surface area contributed by atoms with Crippen LogP contribution in [-0.4, -0.2) is 16.9 Å². The number of phenols is 1. The molecular weight excluding hydrogens is 280 g/mol. The molecule has 2 aromatic carbocycles. The molecule has 3 rings (SSSR count). The molecule has 0 unspecified atom stereocenters. The number of carbonyl (C=O) groups excluding carboxylic acids is 2. The van der Waals surface area contributed by atoms with E-state index in [4.69, 9.17) is 0 Å². The highest BCUT2D eigenvalue weighted by Crippen LogP contribution is 2.38. The van der Waals surface area contributed by atoms with Crippen molar-refractivity contribution >= 4 is 23.2 Å². The molecule has 5 heteroatoms. The number of para-hydroxylation sites is 1. The fourth-order valence-corrected chi connectivity index (χ4v) is 2.54. The van der Waals surface area contributed by atoms with Crippen molar-refractivity contribution in [3.8, 4) is 5.75 Å². The summed E-state index contributed by atoms with van der Waals surface area (Å²) in [5.74, 6) is -0.538. The van der Waals surface area contributed by atoms with Gasteiger partial charge in [-0.2, -0.15) is 0 Å². The van der Waals surface area contributed by atoms with Gasteiger partial charge in [-0.25, -0.2) is 0 Å². The second-order valence-corrected chi connectivity index (χ2v) is 5.81. The molecule has 112 valence electrons. The molecule has 0 saturated carbocycles. The van der Waals surface area contributed by atoms with Gasteiger partial charge in [0, 0.05) is 11.4 Å². The first kappa shape index (κ1) is 14.1. The van der Waals surface area contributed by atoms with Crippen LogP contribution in [0.2, 0.25) is 0 Å². The fraction of sp³-hybridized carbons (Fsp3) is 0.176. The molecule has 0 atom stereocenters. The summed E-state index contributed by atoms with van der Waals surface area (Å²) in [4.78, 5) is 24.1. The zero-order valence-corrected chi connectivity index (χ0v) is 12.3. The lowest BCUT2D eigenvalue weighted by atomic mass is 9.86. The van der Waals surface area contributed by atoms with Gasteiger partial charge in [-0.3, -0.25) is 9.59 Å². The Morgan fingerprint density at radius 2 is 1.91 bits per heavy atom. The Morgan fingerprint density at radius 1 is 1.18 bits per heavy atom. The van der Waals surface area contributed by atoms with Crippen LogP contribution < -0.4 is 10.6 Å². The summed E-state index contributed by atoms with van der Waals surface area (Å²) in [5.41, 5.74) is 1.79. The Bertz CT molecular complexity index is 781. The first-order valence-electron chi connectivity index (χ1n) is 6.95. The molecule has 2 amide bonds. The predicted octanol–water partition coefficient (Wildman–Crippen LogP) is 2.87. The molecule has 0 spiro atoms. The van der Waals surface area contributed by atoms with Crippen LogP contribution in [0.25, 0.3) is 0 Å². The van der Waals surface area contributed by atoms with Crippen LogP contribution in [0, 0.1) is 0 Å². The quantitative estimate of drug-likeness (QED) is 0.797. The molecule has 0 aliphatic carbocycles. The predicted molar refractivity (Wildman–Crippen MR) is 84.2 cm³/mol. The van der Waals surface area contributed by atoms with Crippen LogP contribution in [0.1, 0.15) is 29.8 Å². The number of phenolic OH excluding ortho intramolecular Hbond substituents is 1. The van der Waals surface area contributed by atoms with Gasteiger partial charge in [0.05, 0.1) is 11.0 Å². The number of benzene rings is 2. The second kappa shape index (κ2) is 4.87. The molecular formula is C17H16N2O3. The molecule has 22 heavy (non-hydrogen) atoms. The molecule has 0 bridgehead atoms. The third kappa shape index (κ3) is 2.20. The minimum absolute atomic E-state index is 0.0633. The van der Waals surface area contributed by atoms with E-state index in [0.717, 1.165) is 5.56 Å². The standard InChI is InChI=1S/C17H16N2O3/c1-17(2)12-8-7-10(9-13(12)19-16(17)22)18-15(21)11-5-3-4-6-14(11)20/h3-9,20H,1-2H3,(H,18,21)(H,19,22). The van der Waals surface area contributed by atoms with Gasteiger partial charge in [-0.1, -0.05) is 18.2 Å². The molecule has 5 nitrogen and oxygen atoms in total. The first-order valence-corrected chi connectivity index (χ1v) is 6.95. The largest absolute Gasteiger partial charge is 0.507 e. The maximum absolute atomic E-state index is 12.2. The van der Waals surface area contributed by atoms with Crippen molar-refractivity contribution in [2.24, 2.45) is 0 Å². The lowest BCUT2D eigenvalue weighted by Gasteiger charge is -2.15. The van der Waals surface area contributed by atoms with E-state index in [1.54, 1.807) is 30.3 Å². The molecule has 0 aromatic heterocycles. The SMILES string of the molecule is CC1(C)C(=O)Nc2cc(NC(=O)c3ccccc3O)ccc21. The molecule has 1 aliphatic heterocycles. The van der Waals surface area contributed by atoms with E-state index in [1.165, 1.54) is 6.07 Å². The zero-order chi connectivity index (χ0) is 15.9. The first-order chi connectivity index (χ1) is 10.4. The van der Waals surface area contributed by atoms with Gasteiger partial charge in [-0.15, -0.1) is 0 Å². The van der Waals surface area contributed by atoms with Crippen molar-refractivity contribution in [2.45, 2.75) is 19.3 Å². The highest BCUT2D eigenvalue weighted by Gasteiger charge is 2.38. The van der Waals surface area contributed by atoms with Gasteiger partial charge in [0.25, 0.3) is 5.91 Å². The molecule has 1 aliphatic rings. The minimum atomic E-state index is -0.574. The van der Waals surface area contributed by atoms with E-state index in [0.29, 0.717) is 11.4 Å². The van der Waals surface area contributed by atoms with E-state index in [-0.39, 0.29) is 17.2 Å². The average molecular weight is 296 g/mol. The Balaban J connectivity index is 1.87. The van der Waals surface area contributed by atoms with Crippen LogP contribution in [0.5, 0.6) is 5.75 Å². The maximum Gasteiger partial charge on any atom is 0.259 e. The summed E-state index contributed by atoms with van der Waals surface area (Å²) in [6, 6.07) is 11.6. The van der Waals surface area contributed by atoms with Gasteiger partial charge in [0.15, 0.2) is 0 Å². The lowest BCUT2D eigenvalue weighted by molar-refractivity contribution is -0.119. The second-order valence-electron chi connectivity index (χ2n) is 5.81. The van der Waals surface area contributed by atoms with Crippen molar-refractivity contribution in [2.75, 3.05) is 10.6 Å². The van der Waals surface area contributed by atoms with E-state index in [9.17, 15) is 14.7 Å². The van der Waals surface area contributed by atoms with Crippen molar-refractivity contribution in [3.05, 3.63) is 53.6 Å². The number of fused-ring (bicyclic) bond motifs is 1. The van der Waals surface area contributed by atoms with Crippen molar-refractivity contribution in [1.29, 1.82) is 0 Å². The number of anilines is 2. The summed E-state index contributed by atoms with van der Waals surface area (Å²) >= 11 is 0. The highest BCUT2D eigenvalue weighted by molar-refractivity contribution is 6.08. The van der Waals surface area contributed by atoms with Crippen molar-refractivity contribution < 1.29 is 14.7 Å². The van der Waals surface area contributed by atoms with Gasteiger partial charge in [0.2, 0.25) is 5.91 Å². The lowest BCUT2D eigenvalue weighted by Crippen LogP contribution is -2.26. The Kier molecular flexibility index (Phi) is 3.13. The van der Waals surface area contributed by atoms with Gasteiger partial charge < -0.3 is 15.7 Å². The number of aromatic hydroxyl groups is 1. The third-order valence-electron chi connectivity index (χ3n) is 3.92. The summed E-state index contributed by atoms with van der Waals surface area (Å²) in [6.45, 7) is 3.71. The topological polar surface area (TPSA) is 78.4 Å². The number of amides is 2. The average Bonchev–Trinajstić information content (AvgIpc) is 2.69. The summed E-state index contributed by atoms with van der Waals surface area (Å²) in [7, 11) is 0. The smallest absolute Gasteiger partial charge is 0.259 e. The van der Waals surface area contributed by atoms with Gasteiger partial charge in [-0.05, 0) is 43.7 Å². The van der Waals surface area contributed by atoms with E-state index >= 15 is 0 Å². The summed E-state index contributed by atoms with van der Waals surface area (Å²) in [5, 5.41) is 15.2. The minimum Gasteiger partial charge on any atom is -0.507 e. The highest BCUT2D eigenvalue weighted by atomic mass is 16.3. The number of hydrogen-bond donors (Lipinski definition) is 3. The Labute approximate surface area is 128 Å². The normalized spacial score (nSPS) is 15.1. The van der Waals surface area contributed by atoms with Crippen LogP contribution in [0.15, 0.2) is 42.5 Å². The third-order valence-corrected chi connectivity index (χ3v) is 3.92. The number of rotatable bonds is 2. The fourth-order valence-electron chi connectivity index (χ4n) is 2.54. The number of carbonyl (C=O) groups is 2. The number of hydrogen-bond acceptors (Lipinski definition) is 3. The molecule has 0 radical (unpaired) electrons. The van der Waals surface area contributed by atoms with Crippen molar-refractivity contribution in [3.63, 3.8) is 0 Å². The van der Waals surface area contributed by atoms with Crippen LogP contribution in [-0.2, 0) is 10.2 Å². The Hall–Kier alpha value is -2.82. The van der Waals surface area contributed by atoms with Crippen LogP contribution >= 0.6 is 0 Å². The summed E-state index contributed by atoms with van der Waals surface area (Å²) in [6.07, 6.45) is 0. The zero-order valence-electron chi connectivity index (χ0n) is 12.3. The monoisotopic (exact) mass is 296 g/mol. The molecule has 1 heterocycles. The molecule has 0 fully saturated rings.